The molecule has 3 amide bonds. The first-order valence-electron chi connectivity index (χ1n) is 8.39. The van der Waals surface area contributed by atoms with Gasteiger partial charge in [-0.05, 0) is 36.3 Å². The molecular weight excluding hydrogens is 335 g/mol. The molecule has 5 nitrogen and oxygen atoms in total. The second-order valence-electron chi connectivity index (χ2n) is 5.90. The Morgan fingerprint density at radius 3 is 2.73 bits per heavy atom. The highest BCUT2D eigenvalue weighted by atomic mass is 19.1. The maximum atomic E-state index is 13.6. The summed E-state index contributed by atoms with van der Waals surface area (Å²) in [5.74, 6) is -0.111. The number of carbonyl (C=O) groups is 2. The van der Waals surface area contributed by atoms with Crippen molar-refractivity contribution in [1.82, 2.24) is 10.2 Å². The Kier molecular flexibility index (Phi) is 5.31. The largest absolute Gasteiger partial charge is 0.489 e. The van der Waals surface area contributed by atoms with Crippen molar-refractivity contribution in [2.24, 2.45) is 0 Å². The lowest BCUT2D eigenvalue weighted by molar-refractivity contribution is -0.122. The van der Waals surface area contributed by atoms with Crippen LogP contribution in [0.1, 0.15) is 24.5 Å². The number of benzene rings is 2. The molecule has 1 saturated heterocycles. The van der Waals surface area contributed by atoms with E-state index in [0.29, 0.717) is 29.8 Å². The first-order chi connectivity index (χ1) is 12.6. The van der Waals surface area contributed by atoms with E-state index in [4.69, 9.17) is 4.74 Å². The lowest BCUT2D eigenvalue weighted by Crippen LogP contribution is -2.31. The van der Waals surface area contributed by atoms with Crippen LogP contribution in [0.15, 0.2) is 54.2 Å². The van der Waals surface area contributed by atoms with Gasteiger partial charge in [0, 0.05) is 12.1 Å². The Balaban J connectivity index is 1.72. The fourth-order valence-corrected chi connectivity index (χ4v) is 2.64. The molecule has 26 heavy (non-hydrogen) atoms. The monoisotopic (exact) mass is 354 g/mol. The molecule has 2 aromatic carbocycles. The molecule has 134 valence electrons. The van der Waals surface area contributed by atoms with Crippen molar-refractivity contribution in [3.8, 4) is 5.75 Å². The summed E-state index contributed by atoms with van der Waals surface area (Å²) in [5.41, 5.74) is 1.40. The number of hydrogen-bond donors (Lipinski definition) is 1. The van der Waals surface area contributed by atoms with Crippen LogP contribution in [0.3, 0.4) is 0 Å². The molecule has 6 heteroatoms. The predicted molar refractivity (Wildman–Crippen MR) is 95.7 cm³/mol. The molecule has 1 N–H and O–H groups in total. The van der Waals surface area contributed by atoms with Crippen LogP contribution in [0.25, 0.3) is 6.08 Å². The summed E-state index contributed by atoms with van der Waals surface area (Å²) in [5, 5.41) is 2.58. The Labute approximate surface area is 151 Å². The summed E-state index contributed by atoms with van der Waals surface area (Å²) in [6.45, 7) is 2.39. The summed E-state index contributed by atoms with van der Waals surface area (Å²) in [7, 11) is 0. The van der Waals surface area contributed by atoms with Crippen LogP contribution in [0.2, 0.25) is 0 Å². The second-order valence-corrected chi connectivity index (χ2v) is 5.90. The molecule has 0 bridgehead atoms. The van der Waals surface area contributed by atoms with Gasteiger partial charge in [-0.3, -0.25) is 9.69 Å². The number of nitrogens with one attached hydrogen (secondary N) is 1. The van der Waals surface area contributed by atoms with E-state index in [1.54, 1.807) is 48.5 Å². The van der Waals surface area contributed by atoms with Gasteiger partial charge in [0.1, 0.15) is 23.9 Å². The van der Waals surface area contributed by atoms with Gasteiger partial charge in [-0.2, -0.15) is 0 Å². The number of urea groups is 1. The summed E-state index contributed by atoms with van der Waals surface area (Å²) >= 11 is 0. The molecule has 0 spiro atoms. The van der Waals surface area contributed by atoms with Crippen molar-refractivity contribution in [1.29, 1.82) is 0 Å². The number of amides is 3. The Morgan fingerprint density at radius 2 is 1.96 bits per heavy atom. The van der Waals surface area contributed by atoms with Crippen molar-refractivity contribution in [2.75, 3.05) is 6.54 Å². The average Bonchev–Trinajstić information content (AvgIpc) is 2.89. The Morgan fingerprint density at radius 1 is 1.15 bits per heavy atom. The van der Waals surface area contributed by atoms with E-state index in [1.807, 2.05) is 6.92 Å². The van der Waals surface area contributed by atoms with Gasteiger partial charge < -0.3 is 10.1 Å². The molecule has 1 aliphatic rings. The third-order valence-corrected chi connectivity index (χ3v) is 3.93. The van der Waals surface area contributed by atoms with Gasteiger partial charge in [0.05, 0.1) is 0 Å². The first kappa shape index (κ1) is 17.7. The number of halogens is 1. The molecule has 3 rings (SSSR count). The molecule has 0 radical (unpaired) electrons. The number of carbonyl (C=O) groups excluding carboxylic acids is 2. The molecule has 1 fully saturated rings. The van der Waals surface area contributed by atoms with Gasteiger partial charge in [-0.15, -0.1) is 0 Å². The van der Waals surface area contributed by atoms with Crippen molar-refractivity contribution < 1.29 is 18.7 Å². The van der Waals surface area contributed by atoms with E-state index in [-0.39, 0.29) is 24.0 Å². The average molecular weight is 354 g/mol. The first-order valence-corrected chi connectivity index (χ1v) is 8.39. The van der Waals surface area contributed by atoms with Gasteiger partial charge in [-0.1, -0.05) is 37.3 Å². The highest BCUT2D eigenvalue weighted by Crippen LogP contribution is 2.20. The van der Waals surface area contributed by atoms with Crippen LogP contribution in [-0.2, 0) is 11.4 Å². The van der Waals surface area contributed by atoms with E-state index in [2.05, 4.69) is 5.32 Å². The van der Waals surface area contributed by atoms with Crippen LogP contribution in [-0.4, -0.2) is 23.4 Å². The molecule has 0 aliphatic carbocycles. The minimum absolute atomic E-state index is 0.104. The predicted octanol–water partition coefficient (Wildman–Crippen LogP) is 3.71. The van der Waals surface area contributed by atoms with Gasteiger partial charge in [0.15, 0.2) is 0 Å². The van der Waals surface area contributed by atoms with Crippen molar-refractivity contribution >= 4 is 18.0 Å². The Hall–Kier alpha value is -3.15. The van der Waals surface area contributed by atoms with Gasteiger partial charge >= 0.3 is 6.03 Å². The molecule has 0 aromatic heterocycles. The molecule has 0 atom stereocenters. The molecular formula is C20H19FN2O3. The van der Waals surface area contributed by atoms with Crippen LogP contribution >= 0.6 is 0 Å². The minimum atomic E-state index is -0.407. The van der Waals surface area contributed by atoms with E-state index >= 15 is 0 Å². The number of imide groups is 1. The van der Waals surface area contributed by atoms with E-state index in [0.717, 1.165) is 0 Å². The minimum Gasteiger partial charge on any atom is -0.489 e. The second kappa shape index (κ2) is 7.82. The van der Waals surface area contributed by atoms with Crippen LogP contribution < -0.4 is 10.1 Å². The molecule has 0 saturated carbocycles. The number of hydrogen-bond acceptors (Lipinski definition) is 3. The lowest BCUT2D eigenvalue weighted by Gasteiger charge is -2.09. The smallest absolute Gasteiger partial charge is 0.329 e. The summed E-state index contributed by atoms with van der Waals surface area (Å²) < 4.78 is 19.3. The summed E-state index contributed by atoms with van der Waals surface area (Å²) in [6.07, 6.45) is 2.30. The van der Waals surface area contributed by atoms with Crippen LogP contribution in [0.5, 0.6) is 5.75 Å². The molecule has 0 unspecified atom stereocenters. The summed E-state index contributed by atoms with van der Waals surface area (Å²) in [4.78, 5) is 25.3. The van der Waals surface area contributed by atoms with E-state index < -0.39 is 6.03 Å². The van der Waals surface area contributed by atoms with Gasteiger partial charge in [-0.25, -0.2) is 9.18 Å². The third kappa shape index (κ3) is 3.91. The van der Waals surface area contributed by atoms with Gasteiger partial charge in [0.25, 0.3) is 5.91 Å². The molecule has 1 aliphatic heterocycles. The van der Waals surface area contributed by atoms with Crippen molar-refractivity contribution in [2.45, 2.75) is 20.0 Å². The molecule has 1 heterocycles. The quantitative estimate of drug-likeness (QED) is 0.635. The third-order valence-electron chi connectivity index (χ3n) is 3.93. The maximum absolute atomic E-state index is 13.6. The Bertz CT molecular complexity index is 864. The van der Waals surface area contributed by atoms with Crippen molar-refractivity contribution in [3.05, 3.63) is 71.2 Å². The highest BCUT2D eigenvalue weighted by molar-refractivity contribution is 6.13. The zero-order chi connectivity index (χ0) is 18.5. The maximum Gasteiger partial charge on any atom is 0.329 e. The number of rotatable bonds is 6. The number of nitrogens with zero attached hydrogens (tertiary/aromatic N) is 1. The molecule has 2 aromatic rings. The zero-order valence-corrected chi connectivity index (χ0v) is 14.4. The highest BCUT2D eigenvalue weighted by Gasteiger charge is 2.32. The van der Waals surface area contributed by atoms with Gasteiger partial charge in [0.2, 0.25) is 0 Å². The topological polar surface area (TPSA) is 58.6 Å². The SMILES string of the molecule is CCCN1C(=O)N/C(=C/c2cccc(OCc3ccccc3F)c2)C1=O. The van der Waals surface area contributed by atoms with Crippen LogP contribution in [0, 0.1) is 5.82 Å². The summed E-state index contributed by atoms with van der Waals surface area (Å²) in [6, 6.07) is 13.1. The van der Waals surface area contributed by atoms with E-state index in [1.165, 1.54) is 11.0 Å². The van der Waals surface area contributed by atoms with Crippen molar-refractivity contribution in [3.63, 3.8) is 0 Å². The lowest BCUT2D eigenvalue weighted by atomic mass is 10.1. The fourth-order valence-electron chi connectivity index (χ4n) is 2.64. The normalized spacial score (nSPS) is 15.5. The fraction of sp³-hybridized carbons (Fsp3) is 0.200. The van der Waals surface area contributed by atoms with E-state index in [9.17, 15) is 14.0 Å². The van der Waals surface area contributed by atoms with Crippen LogP contribution in [0.4, 0.5) is 9.18 Å². The standard InChI is InChI=1S/C20H19FN2O3/c1-2-10-23-19(24)18(22-20(23)25)12-14-6-5-8-16(11-14)26-13-15-7-3-4-9-17(15)21/h3-9,11-12H,2,10,13H2,1H3,(H,22,25)/b18-12+. The number of ether oxygens (including phenoxy) is 1. The zero-order valence-electron chi connectivity index (χ0n) is 14.4.